The van der Waals surface area contributed by atoms with Crippen LogP contribution in [0.15, 0.2) is 11.6 Å². The Morgan fingerprint density at radius 1 is 1.57 bits per heavy atom. The highest BCUT2D eigenvalue weighted by atomic mass is 16.6. The molecule has 116 valence electrons. The Labute approximate surface area is 124 Å². The molecule has 0 fully saturated rings. The minimum absolute atomic E-state index is 0.0998. The maximum atomic E-state index is 11.2. The van der Waals surface area contributed by atoms with E-state index in [1.165, 1.54) is 5.57 Å². The van der Waals surface area contributed by atoms with Crippen molar-refractivity contribution in [2.75, 3.05) is 25.0 Å². The smallest absolute Gasteiger partial charge is 0.333 e. The van der Waals surface area contributed by atoms with Gasteiger partial charge in [0.05, 0.1) is 4.92 Å². The third-order valence-corrected chi connectivity index (χ3v) is 3.61. The zero-order valence-corrected chi connectivity index (χ0v) is 12.7. The first-order valence-corrected chi connectivity index (χ1v) is 7.47. The molecule has 0 unspecified atom stereocenters. The van der Waals surface area contributed by atoms with E-state index in [-0.39, 0.29) is 10.6 Å². The number of anilines is 1. The maximum Gasteiger partial charge on any atom is 0.333 e. The summed E-state index contributed by atoms with van der Waals surface area (Å²) in [6, 6.07) is 0. The molecule has 0 amide bonds. The first-order valence-electron chi connectivity index (χ1n) is 7.47. The van der Waals surface area contributed by atoms with Gasteiger partial charge in [-0.1, -0.05) is 18.6 Å². The van der Waals surface area contributed by atoms with Crippen molar-refractivity contribution >= 4 is 11.5 Å². The lowest BCUT2D eigenvalue weighted by molar-refractivity contribution is -0.384. The molecule has 1 aromatic heterocycles. The molecule has 1 aliphatic rings. The van der Waals surface area contributed by atoms with Gasteiger partial charge in [0.15, 0.2) is 0 Å². The summed E-state index contributed by atoms with van der Waals surface area (Å²) in [7, 11) is 0. The highest BCUT2D eigenvalue weighted by Crippen LogP contribution is 2.28. The van der Waals surface area contributed by atoms with Crippen LogP contribution in [-0.2, 0) is 6.54 Å². The van der Waals surface area contributed by atoms with Crippen LogP contribution in [-0.4, -0.2) is 34.3 Å². The molecule has 2 rings (SSSR count). The van der Waals surface area contributed by atoms with Crippen molar-refractivity contribution in [2.45, 2.75) is 39.7 Å². The molecule has 1 aliphatic heterocycles. The van der Waals surface area contributed by atoms with Crippen molar-refractivity contribution in [3.8, 4) is 0 Å². The maximum absolute atomic E-state index is 11.2. The molecule has 2 N–H and O–H groups in total. The molecule has 0 atom stereocenters. The number of hydrogen-bond acceptors (Lipinski definition) is 5. The zero-order valence-electron chi connectivity index (χ0n) is 12.7. The average molecular weight is 293 g/mol. The Kier molecular flexibility index (Phi) is 5.32. The Balaban J connectivity index is 2.06. The molecule has 0 saturated carbocycles. The lowest BCUT2D eigenvalue weighted by Crippen LogP contribution is -2.21. The van der Waals surface area contributed by atoms with Gasteiger partial charge in [-0.05, 0) is 32.7 Å². The number of nitrogens with zero attached hydrogens (tertiary/aromatic N) is 3. The fraction of sp³-hybridized carbons (Fsp3) is 0.643. The molecular formula is C14H23N5O2. The Hall–Kier alpha value is -1.89. The molecule has 1 aromatic rings. The molecule has 2 heterocycles. The fourth-order valence-electron chi connectivity index (χ4n) is 2.58. The number of nitrogens with one attached hydrogen (secondary N) is 2. The lowest BCUT2D eigenvalue weighted by Gasteiger charge is -2.14. The first kappa shape index (κ1) is 15.5. The third-order valence-electron chi connectivity index (χ3n) is 3.61. The summed E-state index contributed by atoms with van der Waals surface area (Å²) >= 11 is 0. The van der Waals surface area contributed by atoms with Crippen LogP contribution in [0.25, 0.3) is 0 Å². The van der Waals surface area contributed by atoms with Crippen molar-refractivity contribution in [1.29, 1.82) is 0 Å². The Morgan fingerprint density at radius 2 is 2.38 bits per heavy atom. The second kappa shape index (κ2) is 7.21. The van der Waals surface area contributed by atoms with Gasteiger partial charge in [-0.2, -0.15) is 5.10 Å². The molecular weight excluding hydrogens is 270 g/mol. The standard InChI is InChI=1S/C14H23N5O2/c1-3-10-18-14(13(19(20)21)11(2)17-18)16-9-6-12-4-7-15-8-5-12/h4,15-16H,3,5-10H2,1-2H3. The predicted molar refractivity (Wildman–Crippen MR) is 82.6 cm³/mol. The SMILES string of the molecule is CCCn1nc(C)c([N+](=O)[O-])c1NCCC1=CCNCC1. The van der Waals surface area contributed by atoms with Gasteiger partial charge in [-0.3, -0.25) is 10.1 Å². The Bertz CT molecular complexity index is 536. The van der Waals surface area contributed by atoms with Gasteiger partial charge in [0.2, 0.25) is 5.82 Å². The van der Waals surface area contributed by atoms with Crippen molar-refractivity contribution < 1.29 is 4.92 Å². The van der Waals surface area contributed by atoms with E-state index in [0.29, 0.717) is 24.6 Å². The third kappa shape index (κ3) is 3.81. The van der Waals surface area contributed by atoms with E-state index >= 15 is 0 Å². The summed E-state index contributed by atoms with van der Waals surface area (Å²) in [5, 5.41) is 22.0. The molecule has 7 nitrogen and oxygen atoms in total. The van der Waals surface area contributed by atoms with Crippen LogP contribution in [0.3, 0.4) is 0 Å². The molecule has 21 heavy (non-hydrogen) atoms. The normalized spacial score (nSPS) is 14.9. The predicted octanol–water partition coefficient (Wildman–Crippen LogP) is 2.23. The van der Waals surface area contributed by atoms with E-state index in [1.54, 1.807) is 11.6 Å². The van der Waals surface area contributed by atoms with Crippen LogP contribution in [0.1, 0.15) is 31.9 Å². The van der Waals surface area contributed by atoms with E-state index < -0.39 is 0 Å². The van der Waals surface area contributed by atoms with E-state index in [9.17, 15) is 10.1 Å². The van der Waals surface area contributed by atoms with Gasteiger partial charge >= 0.3 is 5.69 Å². The highest BCUT2D eigenvalue weighted by molar-refractivity contribution is 5.59. The molecule has 0 spiro atoms. The highest BCUT2D eigenvalue weighted by Gasteiger charge is 2.24. The number of nitro groups is 1. The number of rotatable bonds is 7. The summed E-state index contributed by atoms with van der Waals surface area (Å²) in [6.07, 6.45) is 5.06. The topological polar surface area (TPSA) is 85.0 Å². The molecule has 7 heteroatoms. The Morgan fingerprint density at radius 3 is 3.00 bits per heavy atom. The van der Waals surface area contributed by atoms with Gasteiger partial charge in [0, 0.05) is 19.6 Å². The minimum atomic E-state index is -0.347. The molecule has 0 saturated heterocycles. The summed E-state index contributed by atoms with van der Waals surface area (Å²) in [5.41, 5.74) is 1.97. The number of aromatic nitrogens is 2. The van der Waals surface area contributed by atoms with Crippen LogP contribution < -0.4 is 10.6 Å². The minimum Gasteiger partial charge on any atom is -0.364 e. The van der Waals surface area contributed by atoms with Gasteiger partial charge < -0.3 is 10.6 Å². The van der Waals surface area contributed by atoms with Crippen LogP contribution in [0.4, 0.5) is 11.5 Å². The number of hydrogen-bond donors (Lipinski definition) is 2. The van der Waals surface area contributed by atoms with Crippen LogP contribution in [0.5, 0.6) is 0 Å². The fourth-order valence-corrected chi connectivity index (χ4v) is 2.58. The van der Waals surface area contributed by atoms with Gasteiger partial charge in [-0.15, -0.1) is 0 Å². The van der Waals surface area contributed by atoms with E-state index in [4.69, 9.17) is 0 Å². The first-order chi connectivity index (χ1) is 10.1. The quantitative estimate of drug-likeness (QED) is 0.457. The van der Waals surface area contributed by atoms with Crippen molar-refractivity contribution in [3.63, 3.8) is 0 Å². The van der Waals surface area contributed by atoms with Crippen molar-refractivity contribution in [3.05, 3.63) is 27.5 Å². The monoisotopic (exact) mass is 293 g/mol. The number of aryl methyl sites for hydroxylation is 2. The summed E-state index contributed by atoms with van der Waals surface area (Å²) in [5.74, 6) is 0.536. The van der Waals surface area contributed by atoms with E-state index in [1.807, 2.05) is 6.92 Å². The zero-order chi connectivity index (χ0) is 15.2. The summed E-state index contributed by atoms with van der Waals surface area (Å²) in [6.45, 7) is 7.03. The van der Waals surface area contributed by atoms with Gasteiger partial charge in [0.1, 0.15) is 5.69 Å². The lowest BCUT2D eigenvalue weighted by atomic mass is 10.1. The molecule has 0 aromatic carbocycles. The largest absolute Gasteiger partial charge is 0.364 e. The second-order valence-electron chi connectivity index (χ2n) is 5.26. The average Bonchev–Trinajstić information content (AvgIpc) is 2.76. The summed E-state index contributed by atoms with van der Waals surface area (Å²) in [4.78, 5) is 10.9. The van der Waals surface area contributed by atoms with Gasteiger partial charge in [0.25, 0.3) is 0 Å². The van der Waals surface area contributed by atoms with Crippen molar-refractivity contribution in [1.82, 2.24) is 15.1 Å². The second-order valence-corrected chi connectivity index (χ2v) is 5.26. The summed E-state index contributed by atoms with van der Waals surface area (Å²) < 4.78 is 1.71. The van der Waals surface area contributed by atoms with Crippen molar-refractivity contribution in [2.24, 2.45) is 0 Å². The molecule has 0 radical (unpaired) electrons. The van der Waals surface area contributed by atoms with Crippen LogP contribution in [0.2, 0.25) is 0 Å². The van der Waals surface area contributed by atoms with Crippen LogP contribution in [0, 0.1) is 17.0 Å². The molecule has 0 bridgehead atoms. The molecule has 0 aliphatic carbocycles. The van der Waals surface area contributed by atoms with E-state index in [0.717, 1.165) is 32.4 Å². The van der Waals surface area contributed by atoms with E-state index in [2.05, 4.69) is 21.8 Å². The van der Waals surface area contributed by atoms with Crippen LogP contribution >= 0.6 is 0 Å². The van der Waals surface area contributed by atoms with Gasteiger partial charge in [-0.25, -0.2) is 4.68 Å².